The van der Waals surface area contributed by atoms with Gasteiger partial charge in [0, 0.05) is 6.54 Å². The highest BCUT2D eigenvalue weighted by Crippen LogP contribution is 2.37. The lowest BCUT2D eigenvalue weighted by atomic mass is 10.2. The minimum atomic E-state index is -3.49. The zero-order chi connectivity index (χ0) is 12.0. The minimum absolute atomic E-state index is 0.247. The lowest BCUT2D eigenvalue weighted by Gasteiger charge is -2.07. The van der Waals surface area contributed by atoms with Crippen LogP contribution in [0.3, 0.4) is 0 Å². The molecule has 0 aliphatic carbocycles. The van der Waals surface area contributed by atoms with Gasteiger partial charge in [0.25, 0.3) is 0 Å². The number of nitrogens with zero attached hydrogens (tertiary/aromatic N) is 2. The molecule has 1 saturated heterocycles. The van der Waals surface area contributed by atoms with Crippen LogP contribution in [0.2, 0.25) is 0 Å². The summed E-state index contributed by atoms with van der Waals surface area (Å²) >= 11 is 0. The Morgan fingerprint density at radius 1 is 1.38 bits per heavy atom. The summed E-state index contributed by atoms with van der Waals surface area (Å²) in [6.07, 6.45) is 0. The van der Waals surface area contributed by atoms with Gasteiger partial charge in [0.2, 0.25) is 10.0 Å². The molecule has 0 spiro atoms. The van der Waals surface area contributed by atoms with E-state index in [1.165, 1.54) is 4.31 Å². The fraction of sp³-hybridized carbons (Fsp3) is 0.364. The van der Waals surface area contributed by atoms with Gasteiger partial charge in [-0.15, -0.1) is 0 Å². The highest BCUT2D eigenvalue weighted by atomic mass is 32.2. The molecule has 0 amide bonds. The Morgan fingerprint density at radius 3 is 2.38 bits per heavy atom. The Bertz CT molecular complexity index is 557. The highest BCUT2D eigenvalue weighted by molar-refractivity contribution is 7.89. The van der Waals surface area contributed by atoms with Gasteiger partial charge in [-0.1, -0.05) is 17.7 Å². The first-order valence-electron chi connectivity index (χ1n) is 4.91. The van der Waals surface area contributed by atoms with Gasteiger partial charge >= 0.3 is 0 Å². The van der Waals surface area contributed by atoms with E-state index in [0.717, 1.165) is 5.56 Å². The van der Waals surface area contributed by atoms with Crippen LogP contribution in [0.15, 0.2) is 29.2 Å². The SMILES string of the molecule is Cc1ccc(S(=O)(=O)N2CC2(C)C#N)cc1. The van der Waals surface area contributed by atoms with E-state index in [1.54, 1.807) is 31.2 Å². The average Bonchev–Trinajstić information content (AvgIpc) is 2.93. The van der Waals surface area contributed by atoms with Crippen LogP contribution in [0.1, 0.15) is 12.5 Å². The van der Waals surface area contributed by atoms with Gasteiger partial charge in [0.05, 0.1) is 11.0 Å². The predicted octanol–water partition coefficient (Wildman–Crippen LogP) is 1.28. The molecule has 2 atom stereocenters. The third kappa shape index (κ3) is 1.60. The Kier molecular flexibility index (Phi) is 2.30. The fourth-order valence-corrected chi connectivity index (χ4v) is 3.25. The molecule has 0 aromatic heterocycles. The van der Waals surface area contributed by atoms with Crippen LogP contribution in [0.4, 0.5) is 0 Å². The van der Waals surface area contributed by atoms with Crippen molar-refractivity contribution < 1.29 is 8.42 Å². The molecular formula is C11H12N2O2S. The fourth-order valence-electron chi connectivity index (χ4n) is 1.52. The molecule has 2 unspecified atom stereocenters. The van der Waals surface area contributed by atoms with Crippen molar-refractivity contribution >= 4 is 10.0 Å². The summed E-state index contributed by atoms with van der Waals surface area (Å²) in [6, 6.07) is 8.64. The van der Waals surface area contributed by atoms with E-state index in [2.05, 4.69) is 0 Å². The summed E-state index contributed by atoms with van der Waals surface area (Å²) in [4.78, 5) is 0.247. The van der Waals surface area contributed by atoms with E-state index >= 15 is 0 Å². The van der Waals surface area contributed by atoms with Crippen LogP contribution >= 0.6 is 0 Å². The van der Waals surface area contributed by atoms with Crippen molar-refractivity contribution in [1.82, 2.24) is 4.31 Å². The maximum atomic E-state index is 12.1. The molecule has 1 heterocycles. The van der Waals surface area contributed by atoms with Crippen molar-refractivity contribution in [2.24, 2.45) is 0 Å². The third-order valence-electron chi connectivity index (χ3n) is 2.75. The van der Waals surface area contributed by atoms with Gasteiger partial charge in [-0.05, 0) is 26.0 Å². The summed E-state index contributed by atoms with van der Waals surface area (Å²) in [5.41, 5.74) is 0.150. The van der Waals surface area contributed by atoms with Crippen molar-refractivity contribution in [3.8, 4) is 6.07 Å². The number of aryl methyl sites for hydroxylation is 1. The largest absolute Gasteiger partial charge is 0.244 e. The molecule has 84 valence electrons. The number of sulfonamides is 1. The van der Waals surface area contributed by atoms with E-state index in [4.69, 9.17) is 5.26 Å². The quantitative estimate of drug-likeness (QED) is 0.727. The molecule has 2 rings (SSSR count). The normalized spacial score (nSPS) is 28.4. The van der Waals surface area contributed by atoms with E-state index in [-0.39, 0.29) is 11.4 Å². The number of hydrogen-bond acceptors (Lipinski definition) is 3. The minimum Gasteiger partial charge on any atom is -0.207 e. The number of benzene rings is 1. The maximum absolute atomic E-state index is 12.1. The summed E-state index contributed by atoms with van der Waals surface area (Å²) in [5.74, 6) is 0. The molecule has 1 fully saturated rings. The van der Waals surface area contributed by atoms with Crippen LogP contribution in [0, 0.1) is 18.3 Å². The lowest BCUT2D eigenvalue weighted by Crippen LogP contribution is -2.19. The topological polar surface area (TPSA) is 60.9 Å². The van der Waals surface area contributed by atoms with Crippen LogP contribution in [0.25, 0.3) is 0 Å². The van der Waals surface area contributed by atoms with Crippen LogP contribution in [0.5, 0.6) is 0 Å². The summed E-state index contributed by atoms with van der Waals surface area (Å²) in [7, 11) is -3.49. The van der Waals surface area contributed by atoms with E-state index in [1.807, 2.05) is 13.0 Å². The number of nitriles is 1. The lowest BCUT2D eigenvalue weighted by molar-refractivity contribution is 0.544. The van der Waals surface area contributed by atoms with Gasteiger partial charge in [0.15, 0.2) is 0 Å². The molecule has 16 heavy (non-hydrogen) atoms. The summed E-state index contributed by atoms with van der Waals surface area (Å²) in [5, 5.41) is 8.83. The van der Waals surface area contributed by atoms with Gasteiger partial charge in [-0.3, -0.25) is 0 Å². The molecule has 1 aromatic rings. The zero-order valence-electron chi connectivity index (χ0n) is 9.14. The van der Waals surface area contributed by atoms with Crippen molar-refractivity contribution in [1.29, 1.82) is 5.26 Å². The van der Waals surface area contributed by atoms with Crippen LogP contribution in [-0.4, -0.2) is 24.8 Å². The maximum Gasteiger partial charge on any atom is 0.244 e. The van der Waals surface area contributed by atoms with Gasteiger partial charge in [-0.2, -0.15) is 9.57 Å². The zero-order valence-corrected chi connectivity index (χ0v) is 9.95. The van der Waals surface area contributed by atoms with Gasteiger partial charge in [0.1, 0.15) is 5.54 Å². The van der Waals surface area contributed by atoms with Crippen LogP contribution < -0.4 is 0 Å². The summed E-state index contributed by atoms with van der Waals surface area (Å²) in [6.45, 7) is 3.80. The molecule has 1 aromatic carbocycles. The summed E-state index contributed by atoms with van der Waals surface area (Å²) < 4.78 is 25.3. The molecule has 4 nitrogen and oxygen atoms in total. The predicted molar refractivity (Wildman–Crippen MR) is 59.1 cm³/mol. The second kappa shape index (κ2) is 3.30. The third-order valence-corrected chi connectivity index (χ3v) is 4.73. The van der Waals surface area contributed by atoms with Crippen LogP contribution in [-0.2, 0) is 10.0 Å². The van der Waals surface area contributed by atoms with Crippen molar-refractivity contribution in [2.45, 2.75) is 24.3 Å². The standard InChI is InChI=1S/C11H12N2O2S/c1-9-3-5-10(6-4-9)16(14,15)13-8-11(13,2)7-12/h3-6H,8H2,1-2H3. The molecule has 0 N–H and O–H groups in total. The van der Waals surface area contributed by atoms with Gasteiger partial charge < -0.3 is 0 Å². The Morgan fingerprint density at radius 2 is 1.94 bits per heavy atom. The second-order valence-electron chi connectivity index (χ2n) is 4.21. The average molecular weight is 236 g/mol. The first-order chi connectivity index (χ1) is 7.40. The first kappa shape index (κ1) is 11.1. The van der Waals surface area contributed by atoms with Crippen molar-refractivity contribution in [3.05, 3.63) is 29.8 Å². The Labute approximate surface area is 95.2 Å². The van der Waals surface area contributed by atoms with E-state index in [9.17, 15) is 8.42 Å². The highest BCUT2D eigenvalue weighted by Gasteiger charge is 2.56. The Hall–Kier alpha value is -1.38. The number of rotatable bonds is 2. The molecular weight excluding hydrogens is 224 g/mol. The molecule has 0 radical (unpaired) electrons. The monoisotopic (exact) mass is 236 g/mol. The molecule has 1 aliphatic rings. The van der Waals surface area contributed by atoms with E-state index < -0.39 is 15.6 Å². The smallest absolute Gasteiger partial charge is 0.207 e. The van der Waals surface area contributed by atoms with Crippen molar-refractivity contribution in [2.75, 3.05) is 6.54 Å². The number of hydrogen-bond donors (Lipinski definition) is 0. The first-order valence-corrected chi connectivity index (χ1v) is 6.35. The van der Waals surface area contributed by atoms with E-state index in [0.29, 0.717) is 0 Å². The second-order valence-corrected chi connectivity index (χ2v) is 6.07. The Balaban J connectivity index is 2.36. The van der Waals surface area contributed by atoms with Gasteiger partial charge in [-0.25, -0.2) is 8.42 Å². The molecule has 5 heteroatoms. The molecule has 0 bridgehead atoms. The molecule has 1 aliphatic heterocycles. The van der Waals surface area contributed by atoms with Crippen molar-refractivity contribution in [3.63, 3.8) is 0 Å². The molecule has 0 saturated carbocycles.